The summed E-state index contributed by atoms with van der Waals surface area (Å²) < 4.78 is 5.00. The molecule has 0 aliphatic rings. The molecule has 1 aromatic rings. The molecule has 0 aromatic heterocycles. The van der Waals surface area contributed by atoms with Crippen LogP contribution in [0.5, 0.6) is 11.5 Å². The molecule has 0 aliphatic carbocycles. The lowest BCUT2D eigenvalue weighted by molar-refractivity contribution is 0.285. The van der Waals surface area contributed by atoms with E-state index in [9.17, 15) is 5.11 Å². The van der Waals surface area contributed by atoms with Crippen molar-refractivity contribution in [2.24, 2.45) is 0 Å². The third-order valence-corrected chi connectivity index (χ3v) is 1.84. The summed E-state index contributed by atoms with van der Waals surface area (Å²) in [6.07, 6.45) is 0. The number of hydrazine groups is 1. The summed E-state index contributed by atoms with van der Waals surface area (Å²) in [6, 6.07) is 5.30. The Bertz CT molecular complexity index is 300. The van der Waals surface area contributed by atoms with Crippen molar-refractivity contribution < 1.29 is 9.84 Å². The van der Waals surface area contributed by atoms with Gasteiger partial charge in [-0.15, -0.1) is 0 Å². The lowest BCUT2D eigenvalue weighted by Crippen LogP contribution is -2.29. The molecule has 0 aliphatic heterocycles. The number of nitrogens with zero attached hydrogens (tertiary/aromatic N) is 1. The Morgan fingerprint density at radius 3 is 2.71 bits per heavy atom. The lowest BCUT2D eigenvalue weighted by atomic mass is 10.2. The number of aromatic hydroxyl groups is 1. The first-order valence-electron chi connectivity index (χ1n) is 4.40. The topological polar surface area (TPSA) is 44.7 Å². The minimum atomic E-state index is 0.168. The summed E-state index contributed by atoms with van der Waals surface area (Å²) in [5.41, 5.74) is 4.19. The van der Waals surface area contributed by atoms with Crippen LogP contribution in [0.15, 0.2) is 18.2 Å². The molecule has 0 atom stereocenters. The highest BCUT2D eigenvalue weighted by molar-refractivity contribution is 5.41. The van der Waals surface area contributed by atoms with E-state index < -0.39 is 0 Å². The van der Waals surface area contributed by atoms with Gasteiger partial charge < -0.3 is 9.84 Å². The SMILES string of the molecule is COc1cc(CNN(C)C)ccc1O. The molecule has 1 aromatic carbocycles. The number of hydrogen-bond donors (Lipinski definition) is 2. The van der Waals surface area contributed by atoms with Gasteiger partial charge in [0.05, 0.1) is 7.11 Å². The Kier molecular flexibility index (Phi) is 3.73. The first kappa shape index (κ1) is 10.8. The molecule has 2 N–H and O–H groups in total. The molecule has 0 saturated carbocycles. The smallest absolute Gasteiger partial charge is 0.160 e. The van der Waals surface area contributed by atoms with Crippen LogP contribution < -0.4 is 10.2 Å². The van der Waals surface area contributed by atoms with Gasteiger partial charge in [-0.2, -0.15) is 0 Å². The highest BCUT2D eigenvalue weighted by atomic mass is 16.5. The highest BCUT2D eigenvalue weighted by Gasteiger charge is 2.02. The fraction of sp³-hybridized carbons (Fsp3) is 0.400. The van der Waals surface area contributed by atoms with Crippen LogP contribution in [0.2, 0.25) is 0 Å². The fourth-order valence-corrected chi connectivity index (χ4v) is 1.08. The lowest BCUT2D eigenvalue weighted by Gasteiger charge is -2.12. The number of ether oxygens (including phenoxy) is 1. The predicted molar refractivity (Wildman–Crippen MR) is 55.2 cm³/mol. The van der Waals surface area contributed by atoms with Gasteiger partial charge in [0.15, 0.2) is 11.5 Å². The summed E-state index contributed by atoms with van der Waals surface area (Å²) in [5.74, 6) is 0.671. The average Bonchev–Trinajstić information content (AvgIpc) is 2.16. The van der Waals surface area contributed by atoms with Crippen molar-refractivity contribution in [2.75, 3.05) is 21.2 Å². The average molecular weight is 196 g/mol. The molecule has 0 spiro atoms. The van der Waals surface area contributed by atoms with Crippen molar-refractivity contribution in [1.82, 2.24) is 10.4 Å². The molecule has 14 heavy (non-hydrogen) atoms. The maximum Gasteiger partial charge on any atom is 0.160 e. The second-order valence-corrected chi connectivity index (χ2v) is 3.24. The van der Waals surface area contributed by atoms with Crippen LogP contribution in [0.1, 0.15) is 5.56 Å². The fourth-order valence-electron chi connectivity index (χ4n) is 1.08. The van der Waals surface area contributed by atoms with E-state index in [1.165, 1.54) is 7.11 Å². The van der Waals surface area contributed by atoms with Gasteiger partial charge in [0.25, 0.3) is 0 Å². The number of phenolic OH excluding ortho intramolecular Hbond substituents is 1. The second-order valence-electron chi connectivity index (χ2n) is 3.24. The van der Waals surface area contributed by atoms with Gasteiger partial charge in [-0.1, -0.05) is 6.07 Å². The highest BCUT2D eigenvalue weighted by Crippen LogP contribution is 2.25. The van der Waals surface area contributed by atoms with Gasteiger partial charge >= 0.3 is 0 Å². The third kappa shape index (κ3) is 2.90. The first-order valence-corrected chi connectivity index (χ1v) is 4.40. The molecule has 4 heteroatoms. The Morgan fingerprint density at radius 2 is 2.14 bits per heavy atom. The van der Waals surface area contributed by atoms with Crippen molar-refractivity contribution >= 4 is 0 Å². The number of methoxy groups -OCH3 is 1. The van der Waals surface area contributed by atoms with E-state index in [1.54, 1.807) is 6.07 Å². The molecule has 78 valence electrons. The molecular formula is C10H16N2O2. The quantitative estimate of drug-likeness (QED) is 0.704. The van der Waals surface area contributed by atoms with E-state index in [2.05, 4.69) is 5.43 Å². The summed E-state index contributed by atoms with van der Waals surface area (Å²) in [5, 5.41) is 11.2. The molecule has 0 unspecified atom stereocenters. The van der Waals surface area contributed by atoms with Crippen LogP contribution in [0.4, 0.5) is 0 Å². The summed E-state index contributed by atoms with van der Waals surface area (Å²) in [4.78, 5) is 0. The molecular weight excluding hydrogens is 180 g/mol. The maximum absolute atomic E-state index is 9.36. The van der Waals surface area contributed by atoms with Crippen LogP contribution in [0, 0.1) is 0 Å². The zero-order valence-electron chi connectivity index (χ0n) is 8.74. The Labute approximate surface area is 84.1 Å². The van der Waals surface area contributed by atoms with E-state index in [0.29, 0.717) is 12.3 Å². The number of benzene rings is 1. The van der Waals surface area contributed by atoms with E-state index in [0.717, 1.165) is 5.56 Å². The van der Waals surface area contributed by atoms with Crippen molar-refractivity contribution in [3.05, 3.63) is 23.8 Å². The van der Waals surface area contributed by atoms with Gasteiger partial charge in [-0.3, -0.25) is 10.4 Å². The third-order valence-electron chi connectivity index (χ3n) is 1.84. The number of nitrogens with one attached hydrogen (secondary N) is 1. The summed E-state index contributed by atoms with van der Waals surface area (Å²) in [6.45, 7) is 0.712. The van der Waals surface area contributed by atoms with Gasteiger partial charge in [0.1, 0.15) is 0 Å². The monoisotopic (exact) mass is 196 g/mol. The van der Waals surface area contributed by atoms with Gasteiger partial charge in [0, 0.05) is 20.6 Å². The number of phenols is 1. The Morgan fingerprint density at radius 1 is 1.43 bits per heavy atom. The van der Waals surface area contributed by atoms with Crippen molar-refractivity contribution in [3.63, 3.8) is 0 Å². The van der Waals surface area contributed by atoms with Gasteiger partial charge in [0.2, 0.25) is 0 Å². The molecule has 4 nitrogen and oxygen atoms in total. The molecule has 0 heterocycles. The zero-order chi connectivity index (χ0) is 10.6. The predicted octanol–water partition coefficient (Wildman–Crippen LogP) is 0.967. The molecule has 0 bridgehead atoms. The number of rotatable bonds is 4. The van der Waals surface area contributed by atoms with E-state index in [1.807, 2.05) is 31.2 Å². The van der Waals surface area contributed by atoms with Crippen LogP contribution >= 0.6 is 0 Å². The van der Waals surface area contributed by atoms with E-state index in [-0.39, 0.29) is 5.75 Å². The minimum absolute atomic E-state index is 0.168. The van der Waals surface area contributed by atoms with Crippen molar-refractivity contribution in [2.45, 2.75) is 6.54 Å². The van der Waals surface area contributed by atoms with Crippen molar-refractivity contribution in [3.8, 4) is 11.5 Å². The minimum Gasteiger partial charge on any atom is -0.504 e. The first-order chi connectivity index (χ1) is 6.63. The van der Waals surface area contributed by atoms with E-state index in [4.69, 9.17) is 4.74 Å². The van der Waals surface area contributed by atoms with Crippen molar-refractivity contribution in [1.29, 1.82) is 0 Å². The van der Waals surface area contributed by atoms with Crippen LogP contribution in [-0.4, -0.2) is 31.3 Å². The van der Waals surface area contributed by atoms with Crippen LogP contribution in [0.3, 0.4) is 0 Å². The maximum atomic E-state index is 9.36. The van der Waals surface area contributed by atoms with Crippen LogP contribution in [0.25, 0.3) is 0 Å². The Balaban J connectivity index is 2.69. The largest absolute Gasteiger partial charge is 0.504 e. The van der Waals surface area contributed by atoms with Gasteiger partial charge in [-0.05, 0) is 17.7 Å². The Hall–Kier alpha value is -1.26. The number of hydrogen-bond acceptors (Lipinski definition) is 4. The van der Waals surface area contributed by atoms with Gasteiger partial charge in [-0.25, -0.2) is 0 Å². The normalized spacial score (nSPS) is 10.6. The molecule has 0 amide bonds. The molecule has 0 radical (unpaired) electrons. The standard InChI is InChI=1S/C10H16N2O2/c1-12(2)11-7-8-4-5-9(13)10(6-8)14-3/h4-6,11,13H,7H2,1-3H3. The van der Waals surface area contributed by atoms with E-state index >= 15 is 0 Å². The summed E-state index contributed by atoms with van der Waals surface area (Å²) in [7, 11) is 5.40. The second kappa shape index (κ2) is 4.83. The summed E-state index contributed by atoms with van der Waals surface area (Å²) >= 11 is 0. The zero-order valence-corrected chi connectivity index (χ0v) is 8.74. The van der Waals surface area contributed by atoms with Crippen LogP contribution in [-0.2, 0) is 6.54 Å². The molecule has 1 rings (SSSR count). The molecule has 0 fully saturated rings. The molecule has 0 saturated heterocycles.